The maximum absolute atomic E-state index is 14.0. The number of carbonyl (C=O) groups excluding carboxylic acids is 2. The monoisotopic (exact) mass is 690 g/mol. The number of aliphatic hydroxyl groups excluding tert-OH is 1. The standard InChI is InChI=1S/C34H42N4O5S.2ClH/c1-24(2)34(33(41)36(3)28-14-6-8-16-30(28)44-34)27-13-5-7-15-29(27)43-20-10-17-38-19-18-37(23-32(38)40)22-31(39)35-25-11-9-12-26(21-25)42-4;;/h5-9,11-16,21,24,32,40H,10,17-20,22-23H2,1-4H3,(H,35,39);2*1H. The zero-order valence-corrected chi connectivity index (χ0v) is 29.1. The van der Waals surface area contributed by atoms with Gasteiger partial charge in [-0.15, -0.1) is 36.6 Å². The number of anilines is 2. The van der Waals surface area contributed by atoms with Crippen molar-refractivity contribution in [3.63, 3.8) is 0 Å². The number of likely N-dealkylation sites (N-methyl/N-ethyl adjacent to an activating group) is 1. The molecule has 2 atom stereocenters. The zero-order chi connectivity index (χ0) is 31.3. The Morgan fingerprint density at radius 1 is 1.07 bits per heavy atom. The summed E-state index contributed by atoms with van der Waals surface area (Å²) in [5.74, 6) is 1.32. The Hall–Kier alpha value is -2.99. The molecule has 2 N–H and O–H groups in total. The summed E-state index contributed by atoms with van der Waals surface area (Å²) >= 11 is 1.61. The number of thioether (sulfide) groups is 1. The van der Waals surface area contributed by atoms with E-state index in [1.807, 2.05) is 77.5 Å². The lowest BCUT2D eigenvalue weighted by Crippen LogP contribution is -2.54. The predicted molar refractivity (Wildman–Crippen MR) is 189 cm³/mol. The average molecular weight is 692 g/mol. The predicted octanol–water partition coefficient (Wildman–Crippen LogP) is 5.50. The van der Waals surface area contributed by atoms with Gasteiger partial charge in [0.1, 0.15) is 22.5 Å². The first-order chi connectivity index (χ1) is 21.2. The lowest BCUT2D eigenvalue weighted by atomic mass is 9.85. The molecule has 9 nitrogen and oxygen atoms in total. The molecule has 3 aromatic carbocycles. The molecule has 2 amide bonds. The van der Waals surface area contributed by atoms with Gasteiger partial charge in [0, 0.05) is 55.4 Å². The quantitative estimate of drug-likeness (QED) is 0.255. The van der Waals surface area contributed by atoms with Crippen LogP contribution in [-0.2, 0) is 14.3 Å². The Bertz CT molecular complexity index is 1480. The molecular formula is C34H44Cl2N4O5S. The smallest absolute Gasteiger partial charge is 0.248 e. The summed E-state index contributed by atoms with van der Waals surface area (Å²) in [6.45, 7) is 7.21. The second kappa shape index (κ2) is 16.7. The van der Waals surface area contributed by atoms with Crippen LogP contribution in [0, 0.1) is 5.92 Å². The molecule has 0 radical (unpaired) electrons. The number of β-amino-alcohol motifs (C(OH)–C–C–N with tert-alkyl or cyclic N) is 1. The first kappa shape index (κ1) is 37.5. The molecule has 12 heteroatoms. The highest BCUT2D eigenvalue weighted by molar-refractivity contribution is 8.01. The van der Waals surface area contributed by atoms with Crippen LogP contribution >= 0.6 is 36.6 Å². The molecule has 1 saturated heterocycles. The fourth-order valence-corrected chi connectivity index (χ4v) is 7.50. The molecule has 2 unspecified atom stereocenters. The SMILES string of the molecule is COc1cccc(NC(=O)CN2CCN(CCCOc3ccccc3C3(C(C)C)Sc4ccccc4N(C)C3=O)C(O)C2)c1.Cl.Cl. The number of amides is 2. The number of ether oxygens (including phenoxy) is 2. The Labute approximate surface area is 288 Å². The third kappa shape index (κ3) is 8.10. The Morgan fingerprint density at radius 3 is 2.54 bits per heavy atom. The van der Waals surface area contributed by atoms with E-state index in [0.717, 1.165) is 16.1 Å². The number of aliphatic hydroxyl groups is 1. The maximum atomic E-state index is 14.0. The van der Waals surface area contributed by atoms with E-state index < -0.39 is 11.0 Å². The van der Waals surface area contributed by atoms with Crippen LogP contribution in [0.4, 0.5) is 11.4 Å². The van der Waals surface area contributed by atoms with Gasteiger partial charge >= 0.3 is 0 Å². The maximum Gasteiger partial charge on any atom is 0.248 e. The Morgan fingerprint density at radius 2 is 1.80 bits per heavy atom. The number of piperazine rings is 1. The third-order valence-electron chi connectivity index (χ3n) is 8.33. The third-order valence-corrected chi connectivity index (χ3v) is 10.1. The first-order valence-electron chi connectivity index (χ1n) is 15.1. The molecule has 3 aromatic rings. The van der Waals surface area contributed by atoms with Crippen LogP contribution in [0.15, 0.2) is 77.7 Å². The minimum Gasteiger partial charge on any atom is -0.497 e. The van der Waals surface area contributed by atoms with Crippen LogP contribution in [-0.4, -0.2) is 86.4 Å². The highest BCUT2D eigenvalue weighted by Crippen LogP contribution is 2.56. The van der Waals surface area contributed by atoms with E-state index in [1.165, 1.54) is 0 Å². The molecule has 0 aliphatic carbocycles. The topological polar surface area (TPSA) is 94.6 Å². The van der Waals surface area contributed by atoms with Crippen LogP contribution in [0.2, 0.25) is 0 Å². The molecule has 0 bridgehead atoms. The summed E-state index contributed by atoms with van der Waals surface area (Å²) in [5.41, 5.74) is 2.48. The van der Waals surface area contributed by atoms with Gasteiger partial charge in [-0.25, -0.2) is 0 Å². The van der Waals surface area contributed by atoms with Crippen molar-refractivity contribution >= 4 is 59.8 Å². The van der Waals surface area contributed by atoms with Gasteiger partial charge in [0.15, 0.2) is 0 Å². The van der Waals surface area contributed by atoms with Crippen LogP contribution in [0.3, 0.4) is 0 Å². The molecule has 1 fully saturated rings. The summed E-state index contributed by atoms with van der Waals surface area (Å²) in [7, 11) is 3.44. The van der Waals surface area contributed by atoms with Crippen molar-refractivity contribution in [2.45, 2.75) is 36.1 Å². The van der Waals surface area contributed by atoms with Crippen molar-refractivity contribution in [2.75, 3.05) is 63.7 Å². The molecule has 2 aliphatic rings. The first-order valence-corrected chi connectivity index (χ1v) is 15.9. The number of hydrogen-bond donors (Lipinski definition) is 2. The van der Waals surface area contributed by atoms with Crippen molar-refractivity contribution in [3.8, 4) is 11.5 Å². The molecule has 0 spiro atoms. The number of methoxy groups -OCH3 is 1. The lowest BCUT2D eigenvalue weighted by molar-refractivity contribution is -0.122. The molecule has 0 saturated carbocycles. The summed E-state index contributed by atoms with van der Waals surface area (Å²) in [5, 5.41) is 13.7. The minimum atomic E-state index is -0.814. The largest absolute Gasteiger partial charge is 0.497 e. The zero-order valence-electron chi connectivity index (χ0n) is 26.7. The van der Waals surface area contributed by atoms with E-state index >= 15 is 0 Å². The Balaban J connectivity index is 0.00000288. The highest BCUT2D eigenvalue weighted by Gasteiger charge is 2.51. The Kier molecular flexibility index (Phi) is 13.6. The van der Waals surface area contributed by atoms with Gasteiger partial charge in [-0.2, -0.15) is 0 Å². The lowest BCUT2D eigenvalue weighted by Gasteiger charge is -2.44. The van der Waals surface area contributed by atoms with Gasteiger partial charge in [0.25, 0.3) is 0 Å². The molecule has 5 rings (SSSR count). The van der Waals surface area contributed by atoms with Crippen molar-refractivity contribution in [2.24, 2.45) is 5.92 Å². The molecule has 2 aliphatic heterocycles. The van der Waals surface area contributed by atoms with Gasteiger partial charge in [-0.05, 0) is 42.7 Å². The van der Waals surface area contributed by atoms with Gasteiger partial charge in [-0.1, -0.05) is 50.2 Å². The number of fused-ring (bicyclic) bond motifs is 1. The highest BCUT2D eigenvalue weighted by atomic mass is 35.5. The normalized spacial score (nSPS) is 19.9. The van der Waals surface area contributed by atoms with Crippen LogP contribution in [0.25, 0.3) is 0 Å². The van der Waals surface area contributed by atoms with Crippen LogP contribution in [0.1, 0.15) is 25.8 Å². The summed E-state index contributed by atoms with van der Waals surface area (Å²) in [4.78, 5) is 33.4. The number of nitrogens with zero attached hydrogens (tertiary/aromatic N) is 3. The average Bonchev–Trinajstić information content (AvgIpc) is 3.02. The van der Waals surface area contributed by atoms with Crippen LogP contribution in [0.5, 0.6) is 11.5 Å². The minimum absolute atomic E-state index is 0. The van der Waals surface area contributed by atoms with Crippen molar-refractivity contribution in [3.05, 3.63) is 78.4 Å². The van der Waals surface area contributed by atoms with Gasteiger partial charge in [0.05, 0.1) is 25.9 Å². The van der Waals surface area contributed by atoms with E-state index in [9.17, 15) is 14.7 Å². The van der Waals surface area contributed by atoms with Crippen molar-refractivity contribution in [1.82, 2.24) is 9.80 Å². The molecule has 2 heterocycles. The second-order valence-corrected chi connectivity index (χ2v) is 12.8. The van der Waals surface area contributed by atoms with E-state index in [0.29, 0.717) is 56.4 Å². The summed E-state index contributed by atoms with van der Waals surface area (Å²) < 4.78 is 10.8. The van der Waals surface area contributed by atoms with E-state index in [1.54, 1.807) is 29.8 Å². The second-order valence-electron chi connectivity index (χ2n) is 11.6. The van der Waals surface area contributed by atoms with Crippen molar-refractivity contribution in [1.29, 1.82) is 0 Å². The number of carbonyl (C=O) groups is 2. The summed E-state index contributed by atoms with van der Waals surface area (Å²) in [6.07, 6.45) is 0.0389. The fourth-order valence-electron chi connectivity index (χ4n) is 5.96. The number of halogens is 2. The van der Waals surface area contributed by atoms with Gasteiger partial charge in [-0.3, -0.25) is 19.4 Å². The van der Waals surface area contributed by atoms with E-state index in [2.05, 4.69) is 25.2 Å². The summed E-state index contributed by atoms with van der Waals surface area (Å²) in [6, 6.07) is 23.1. The number of nitrogens with one attached hydrogen (secondary N) is 1. The molecule has 46 heavy (non-hydrogen) atoms. The number of rotatable bonds is 11. The van der Waals surface area contributed by atoms with Gasteiger partial charge in [0.2, 0.25) is 11.8 Å². The number of benzene rings is 3. The van der Waals surface area contributed by atoms with Crippen molar-refractivity contribution < 1.29 is 24.2 Å². The molecular weight excluding hydrogens is 647 g/mol. The number of hydrogen-bond acceptors (Lipinski definition) is 8. The van der Waals surface area contributed by atoms with E-state index in [4.69, 9.17) is 9.47 Å². The fraction of sp³-hybridized carbons (Fsp3) is 0.412. The molecule has 250 valence electrons. The van der Waals surface area contributed by atoms with Crippen LogP contribution < -0.4 is 19.7 Å². The van der Waals surface area contributed by atoms with E-state index in [-0.39, 0.29) is 49.1 Å². The molecule has 0 aromatic heterocycles. The number of para-hydroxylation sites is 2. The van der Waals surface area contributed by atoms with Gasteiger partial charge < -0.3 is 24.8 Å².